The number of benzene rings is 1. The van der Waals surface area contributed by atoms with Gasteiger partial charge in [-0.1, -0.05) is 6.07 Å². The van der Waals surface area contributed by atoms with Crippen LogP contribution < -0.4 is 4.74 Å². The van der Waals surface area contributed by atoms with E-state index in [9.17, 15) is 9.59 Å². The van der Waals surface area contributed by atoms with Crippen molar-refractivity contribution in [3.63, 3.8) is 0 Å². The van der Waals surface area contributed by atoms with E-state index in [0.29, 0.717) is 11.3 Å². The standard InChI is InChI=1S/C16H16ClNO3/c1-10-4-5-15(21-16(20)8-17)14(6-10)18-11(2)7-13(9-19)12(18)3/h4-7,9H,8H2,1-3H3. The molecule has 0 aliphatic heterocycles. The molecule has 1 aromatic heterocycles. The van der Waals surface area contributed by atoms with Crippen LogP contribution in [-0.2, 0) is 4.79 Å². The topological polar surface area (TPSA) is 48.3 Å². The van der Waals surface area contributed by atoms with E-state index in [1.807, 2.05) is 37.5 Å². The third-order valence-electron chi connectivity index (χ3n) is 3.29. The van der Waals surface area contributed by atoms with Crippen molar-refractivity contribution in [2.75, 3.05) is 5.88 Å². The second-order valence-corrected chi connectivity index (χ2v) is 5.13. The van der Waals surface area contributed by atoms with Gasteiger partial charge < -0.3 is 9.30 Å². The molecule has 0 atom stereocenters. The van der Waals surface area contributed by atoms with E-state index in [0.717, 1.165) is 28.9 Å². The number of aldehydes is 1. The first-order valence-corrected chi connectivity index (χ1v) is 7.03. The van der Waals surface area contributed by atoms with E-state index in [-0.39, 0.29) is 5.88 Å². The van der Waals surface area contributed by atoms with Gasteiger partial charge in [0.25, 0.3) is 0 Å². The number of rotatable bonds is 4. The van der Waals surface area contributed by atoms with Crippen molar-refractivity contribution in [3.05, 3.63) is 46.8 Å². The Morgan fingerprint density at radius 2 is 2.00 bits per heavy atom. The Labute approximate surface area is 128 Å². The average Bonchev–Trinajstić information content (AvgIpc) is 2.75. The normalized spacial score (nSPS) is 10.5. The molecule has 4 nitrogen and oxygen atoms in total. The minimum Gasteiger partial charge on any atom is -0.423 e. The number of carbonyl (C=O) groups is 2. The summed E-state index contributed by atoms with van der Waals surface area (Å²) in [6, 6.07) is 7.30. The molecule has 0 spiro atoms. The maximum atomic E-state index is 11.5. The number of hydrogen-bond acceptors (Lipinski definition) is 3. The van der Waals surface area contributed by atoms with Crippen LogP contribution in [0.25, 0.3) is 5.69 Å². The van der Waals surface area contributed by atoms with Crippen LogP contribution in [0.15, 0.2) is 24.3 Å². The van der Waals surface area contributed by atoms with Gasteiger partial charge in [-0.05, 0) is 44.5 Å². The summed E-state index contributed by atoms with van der Waals surface area (Å²) in [6.45, 7) is 5.70. The fraction of sp³-hybridized carbons (Fsp3) is 0.250. The number of carbonyl (C=O) groups excluding carboxylic acids is 2. The van der Waals surface area contributed by atoms with Crippen LogP contribution in [0, 0.1) is 20.8 Å². The predicted octanol–water partition coefficient (Wildman–Crippen LogP) is 3.36. The van der Waals surface area contributed by atoms with Gasteiger partial charge in [0.2, 0.25) is 0 Å². The molecule has 0 amide bonds. The van der Waals surface area contributed by atoms with E-state index < -0.39 is 5.97 Å². The van der Waals surface area contributed by atoms with Crippen molar-refractivity contribution in [1.82, 2.24) is 4.57 Å². The van der Waals surface area contributed by atoms with E-state index in [1.165, 1.54) is 0 Å². The fourth-order valence-electron chi connectivity index (χ4n) is 2.32. The summed E-state index contributed by atoms with van der Waals surface area (Å²) in [5.41, 5.74) is 4.05. The molecular weight excluding hydrogens is 290 g/mol. The zero-order valence-electron chi connectivity index (χ0n) is 12.1. The second kappa shape index (κ2) is 6.14. The Bertz CT molecular complexity index is 704. The lowest BCUT2D eigenvalue weighted by Gasteiger charge is -2.15. The minimum absolute atomic E-state index is 0.212. The Hall–Kier alpha value is -2.07. The third kappa shape index (κ3) is 3.00. The van der Waals surface area contributed by atoms with Gasteiger partial charge in [-0.25, -0.2) is 0 Å². The quantitative estimate of drug-likeness (QED) is 0.377. The minimum atomic E-state index is -0.514. The van der Waals surface area contributed by atoms with E-state index in [4.69, 9.17) is 16.3 Å². The number of nitrogens with zero attached hydrogens (tertiary/aromatic N) is 1. The maximum absolute atomic E-state index is 11.5. The average molecular weight is 306 g/mol. The Morgan fingerprint density at radius 1 is 1.29 bits per heavy atom. The van der Waals surface area contributed by atoms with Crippen LogP contribution in [0.3, 0.4) is 0 Å². The van der Waals surface area contributed by atoms with Crippen LogP contribution in [0.2, 0.25) is 0 Å². The highest BCUT2D eigenvalue weighted by Gasteiger charge is 2.16. The summed E-state index contributed by atoms with van der Waals surface area (Å²) < 4.78 is 7.17. The molecule has 0 saturated carbocycles. The molecular formula is C16H16ClNO3. The lowest BCUT2D eigenvalue weighted by Crippen LogP contribution is -2.12. The van der Waals surface area contributed by atoms with E-state index in [2.05, 4.69) is 0 Å². The highest BCUT2D eigenvalue weighted by molar-refractivity contribution is 6.26. The van der Waals surface area contributed by atoms with E-state index in [1.54, 1.807) is 12.1 Å². The van der Waals surface area contributed by atoms with Crippen molar-refractivity contribution in [2.24, 2.45) is 0 Å². The van der Waals surface area contributed by atoms with Gasteiger partial charge in [-0.3, -0.25) is 9.59 Å². The van der Waals surface area contributed by atoms with Gasteiger partial charge in [0.05, 0.1) is 5.69 Å². The van der Waals surface area contributed by atoms with Crippen LogP contribution in [0.5, 0.6) is 5.75 Å². The number of ether oxygens (including phenoxy) is 1. The summed E-state index contributed by atoms with van der Waals surface area (Å²) >= 11 is 5.49. The molecule has 1 heterocycles. The lowest BCUT2D eigenvalue weighted by atomic mass is 10.2. The molecule has 0 radical (unpaired) electrons. The fourth-order valence-corrected chi connectivity index (χ4v) is 2.37. The van der Waals surface area contributed by atoms with Gasteiger partial charge in [0.1, 0.15) is 5.88 Å². The summed E-state index contributed by atoms with van der Waals surface area (Å²) in [6.07, 6.45) is 0.819. The van der Waals surface area contributed by atoms with Crippen LogP contribution >= 0.6 is 11.6 Å². The SMILES string of the molecule is Cc1ccc(OC(=O)CCl)c(-n2c(C)cc(C=O)c2C)c1. The van der Waals surface area contributed by atoms with Gasteiger partial charge in [0.15, 0.2) is 12.0 Å². The first-order chi connectivity index (χ1) is 9.97. The molecule has 5 heteroatoms. The molecule has 0 aliphatic rings. The molecule has 1 aromatic carbocycles. The summed E-state index contributed by atoms with van der Waals surface area (Å²) in [5.74, 6) is -0.304. The monoisotopic (exact) mass is 305 g/mol. The number of esters is 1. The molecule has 0 unspecified atom stereocenters. The van der Waals surface area contributed by atoms with Crippen LogP contribution in [-0.4, -0.2) is 22.7 Å². The van der Waals surface area contributed by atoms with Crippen molar-refractivity contribution >= 4 is 23.9 Å². The van der Waals surface area contributed by atoms with Crippen LogP contribution in [0.1, 0.15) is 27.3 Å². The molecule has 0 aliphatic carbocycles. The zero-order chi connectivity index (χ0) is 15.6. The Morgan fingerprint density at radius 3 is 2.57 bits per heavy atom. The van der Waals surface area contributed by atoms with Crippen LogP contribution in [0.4, 0.5) is 0 Å². The first-order valence-electron chi connectivity index (χ1n) is 6.49. The Balaban J connectivity index is 2.62. The molecule has 0 bridgehead atoms. The molecule has 0 saturated heterocycles. The highest BCUT2D eigenvalue weighted by atomic mass is 35.5. The number of halogens is 1. The second-order valence-electron chi connectivity index (χ2n) is 4.86. The van der Waals surface area contributed by atoms with Crippen molar-refractivity contribution in [1.29, 1.82) is 0 Å². The number of aryl methyl sites for hydroxylation is 2. The third-order valence-corrected chi connectivity index (χ3v) is 3.50. The van der Waals surface area contributed by atoms with Gasteiger partial charge in [-0.15, -0.1) is 11.6 Å². The first kappa shape index (κ1) is 15.3. The van der Waals surface area contributed by atoms with Crippen molar-refractivity contribution in [3.8, 4) is 11.4 Å². The number of hydrogen-bond donors (Lipinski definition) is 0. The predicted molar refractivity (Wildman–Crippen MR) is 81.7 cm³/mol. The van der Waals surface area contributed by atoms with Gasteiger partial charge >= 0.3 is 5.97 Å². The molecule has 110 valence electrons. The molecule has 2 rings (SSSR count). The molecule has 21 heavy (non-hydrogen) atoms. The van der Waals surface area contributed by atoms with Crippen molar-refractivity contribution < 1.29 is 14.3 Å². The van der Waals surface area contributed by atoms with Gasteiger partial charge in [-0.2, -0.15) is 0 Å². The zero-order valence-corrected chi connectivity index (χ0v) is 12.9. The Kier molecular flexibility index (Phi) is 4.48. The molecule has 2 aromatic rings. The summed E-state index contributed by atoms with van der Waals surface area (Å²) in [5, 5.41) is 0. The lowest BCUT2D eigenvalue weighted by molar-refractivity contribution is -0.131. The van der Waals surface area contributed by atoms with Gasteiger partial charge in [0, 0.05) is 17.0 Å². The smallest absolute Gasteiger partial charge is 0.326 e. The summed E-state index contributed by atoms with van der Waals surface area (Å²) in [7, 11) is 0. The molecule has 0 N–H and O–H groups in total. The highest BCUT2D eigenvalue weighted by Crippen LogP contribution is 2.29. The number of alkyl halides is 1. The van der Waals surface area contributed by atoms with E-state index >= 15 is 0 Å². The summed E-state index contributed by atoms with van der Waals surface area (Å²) in [4.78, 5) is 22.5. The molecule has 0 fully saturated rings. The maximum Gasteiger partial charge on any atom is 0.326 e. The van der Waals surface area contributed by atoms with Crippen molar-refractivity contribution in [2.45, 2.75) is 20.8 Å². The number of aromatic nitrogens is 1. The largest absolute Gasteiger partial charge is 0.423 e.